The van der Waals surface area contributed by atoms with Gasteiger partial charge in [-0.25, -0.2) is 14.5 Å². The lowest BCUT2D eigenvalue weighted by Crippen LogP contribution is -2.41. The van der Waals surface area contributed by atoms with Crippen molar-refractivity contribution in [2.24, 2.45) is 0 Å². The van der Waals surface area contributed by atoms with Crippen molar-refractivity contribution >= 4 is 23.7 Å². The highest BCUT2D eigenvalue weighted by molar-refractivity contribution is 6.22. The summed E-state index contributed by atoms with van der Waals surface area (Å²) in [6, 6.07) is 1.46. The lowest BCUT2D eigenvalue weighted by atomic mass is 10.0. The highest BCUT2D eigenvalue weighted by Crippen LogP contribution is 2.56. The second kappa shape index (κ2) is 4.78. The summed E-state index contributed by atoms with van der Waals surface area (Å²) in [7, 11) is 1.26. The summed E-state index contributed by atoms with van der Waals surface area (Å²) in [5.41, 5.74) is -0.443. The Kier molecular flexibility index (Phi) is 3.21. The average Bonchev–Trinajstić information content (AvgIpc) is 3.21. The van der Waals surface area contributed by atoms with Gasteiger partial charge in [0, 0.05) is 6.20 Å². The minimum absolute atomic E-state index is 0.185. The molecule has 1 aliphatic heterocycles. The van der Waals surface area contributed by atoms with Crippen LogP contribution in [0.5, 0.6) is 0 Å². The van der Waals surface area contributed by atoms with E-state index in [-0.39, 0.29) is 11.5 Å². The summed E-state index contributed by atoms with van der Waals surface area (Å²) in [5, 5.41) is 0. The van der Waals surface area contributed by atoms with E-state index in [1.807, 2.05) is 0 Å². The minimum Gasteiger partial charge on any atom is -0.465 e. The Morgan fingerprint density at radius 1 is 1.30 bits per heavy atom. The SMILES string of the molecule is COC(=O)c1cnc2c(c1)N(C(=O)OC(C)(C)C)C(=O)C21CC1. The second-order valence-corrected chi connectivity index (χ2v) is 6.79. The number of hydrogen-bond acceptors (Lipinski definition) is 6. The van der Waals surface area contributed by atoms with E-state index in [1.165, 1.54) is 19.4 Å². The molecular weight excluding hydrogens is 300 g/mol. The molecule has 1 saturated carbocycles. The van der Waals surface area contributed by atoms with Crippen molar-refractivity contribution in [3.05, 3.63) is 23.5 Å². The summed E-state index contributed by atoms with van der Waals surface area (Å²) in [4.78, 5) is 42.1. The third-order valence-electron chi connectivity index (χ3n) is 3.92. The van der Waals surface area contributed by atoms with Crippen molar-refractivity contribution in [2.45, 2.75) is 44.6 Å². The molecular formula is C16H18N2O5. The largest absolute Gasteiger partial charge is 0.465 e. The summed E-state index contributed by atoms with van der Waals surface area (Å²) >= 11 is 0. The minimum atomic E-state index is -0.753. The maximum Gasteiger partial charge on any atom is 0.421 e. The van der Waals surface area contributed by atoms with Crippen LogP contribution in [-0.2, 0) is 19.7 Å². The second-order valence-electron chi connectivity index (χ2n) is 6.79. The van der Waals surface area contributed by atoms with Crippen LogP contribution < -0.4 is 4.90 Å². The molecule has 0 bridgehead atoms. The number of amides is 2. The van der Waals surface area contributed by atoms with E-state index in [0.29, 0.717) is 24.2 Å². The monoisotopic (exact) mass is 318 g/mol. The first-order valence-corrected chi connectivity index (χ1v) is 7.36. The molecule has 0 aromatic carbocycles. The van der Waals surface area contributed by atoms with Gasteiger partial charge in [-0.15, -0.1) is 0 Å². The Hall–Kier alpha value is -2.44. The standard InChI is InChI=1S/C16H18N2O5/c1-15(2,3)23-14(21)18-10-7-9(12(19)22-4)8-17-11(10)16(5-6-16)13(18)20/h7-8H,5-6H2,1-4H3. The molecule has 7 nitrogen and oxygen atoms in total. The first kappa shape index (κ1) is 15.5. The van der Waals surface area contributed by atoms with Gasteiger partial charge in [0.15, 0.2) is 0 Å². The third kappa shape index (κ3) is 2.36. The van der Waals surface area contributed by atoms with Gasteiger partial charge in [-0.1, -0.05) is 0 Å². The van der Waals surface area contributed by atoms with Gasteiger partial charge in [-0.3, -0.25) is 9.78 Å². The number of ether oxygens (including phenoxy) is 2. The molecule has 0 radical (unpaired) electrons. The lowest BCUT2D eigenvalue weighted by Gasteiger charge is -2.24. The molecule has 0 unspecified atom stereocenters. The Morgan fingerprint density at radius 3 is 2.48 bits per heavy atom. The fourth-order valence-electron chi connectivity index (χ4n) is 2.71. The van der Waals surface area contributed by atoms with E-state index in [9.17, 15) is 14.4 Å². The molecule has 122 valence electrons. The van der Waals surface area contributed by atoms with Gasteiger partial charge in [-0.05, 0) is 39.7 Å². The number of carbonyl (C=O) groups excluding carboxylic acids is 3. The zero-order valence-corrected chi connectivity index (χ0v) is 13.5. The normalized spacial score (nSPS) is 17.9. The van der Waals surface area contributed by atoms with Crippen LogP contribution in [0, 0.1) is 0 Å². The Bertz CT molecular complexity index is 716. The summed E-state index contributed by atoms with van der Waals surface area (Å²) in [6.07, 6.45) is 1.90. The summed E-state index contributed by atoms with van der Waals surface area (Å²) in [5.74, 6) is -0.912. The molecule has 2 heterocycles. The van der Waals surface area contributed by atoms with Crippen LogP contribution in [0.25, 0.3) is 0 Å². The molecule has 1 fully saturated rings. The van der Waals surface area contributed by atoms with Gasteiger partial charge in [0.25, 0.3) is 0 Å². The molecule has 0 N–H and O–H groups in total. The number of anilines is 1. The number of rotatable bonds is 1. The first-order chi connectivity index (χ1) is 10.7. The number of fused-ring (bicyclic) bond motifs is 2. The number of carbonyl (C=O) groups is 3. The van der Waals surface area contributed by atoms with Gasteiger partial charge in [0.05, 0.1) is 29.5 Å². The number of nitrogens with zero attached hydrogens (tertiary/aromatic N) is 2. The molecule has 1 aromatic heterocycles. The van der Waals surface area contributed by atoms with Crippen molar-refractivity contribution in [3.63, 3.8) is 0 Å². The van der Waals surface area contributed by atoms with E-state index in [4.69, 9.17) is 4.74 Å². The molecule has 2 aliphatic rings. The van der Waals surface area contributed by atoms with Crippen LogP contribution in [0.15, 0.2) is 12.3 Å². The Morgan fingerprint density at radius 2 is 1.96 bits per heavy atom. The fourth-order valence-corrected chi connectivity index (χ4v) is 2.71. The number of methoxy groups -OCH3 is 1. The van der Waals surface area contributed by atoms with Crippen LogP contribution in [0.4, 0.5) is 10.5 Å². The van der Waals surface area contributed by atoms with E-state index >= 15 is 0 Å². The quantitative estimate of drug-likeness (QED) is 0.738. The van der Waals surface area contributed by atoms with Crippen molar-refractivity contribution in [1.82, 2.24) is 4.98 Å². The Balaban J connectivity index is 2.05. The van der Waals surface area contributed by atoms with E-state index in [1.54, 1.807) is 20.8 Å². The predicted octanol–water partition coefficient (Wildman–Crippen LogP) is 2.18. The maximum absolute atomic E-state index is 12.7. The molecule has 1 aliphatic carbocycles. The fraction of sp³-hybridized carbons (Fsp3) is 0.500. The highest BCUT2D eigenvalue weighted by Gasteiger charge is 2.62. The van der Waals surface area contributed by atoms with Crippen LogP contribution in [0.3, 0.4) is 0 Å². The molecule has 3 rings (SSSR count). The summed E-state index contributed by atoms with van der Waals surface area (Å²) < 4.78 is 9.99. The molecule has 1 aromatic rings. The topological polar surface area (TPSA) is 85.8 Å². The Labute approximate surface area is 133 Å². The third-order valence-corrected chi connectivity index (χ3v) is 3.92. The first-order valence-electron chi connectivity index (χ1n) is 7.36. The van der Waals surface area contributed by atoms with E-state index in [2.05, 4.69) is 9.72 Å². The number of pyridine rings is 1. The predicted molar refractivity (Wildman–Crippen MR) is 80.2 cm³/mol. The smallest absolute Gasteiger partial charge is 0.421 e. The highest BCUT2D eigenvalue weighted by atomic mass is 16.6. The maximum atomic E-state index is 12.7. The van der Waals surface area contributed by atoms with Crippen molar-refractivity contribution in [2.75, 3.05) is 12.0 Å². The number of aromatic nitrogens is 1. The number of esters is 1. The lowest BCUT2D eigenvalue weighted by molar-refractivity contribution is -0.120. The molecule has 0 saturated heterocycles. The molecule has 7 heteroatoms. The zero-order valence-electron chi connectivity index (χ0n) is 13.5. The molecule has 2 amide bonds. The zero-order chi connectivity index (χ0) is 17.0. The number of imide groups is 1. The van der Waals surface area contributed by atoms with Crippen molar-refractivity contribution in [1.29, 1.82) is 0 Å². The van der Waals surface area contributed by atoms with Crippen LogP contribution in [0.2, 0.25) is 0 Å². The number of hydrogen-bond donors (Lipinski definition) is 0. The van der Waals surface area contributed by atoms with E-state index in [0.717, 1.165) is 4.90 Å². The molecule has 23 heavy (non-hydrogen) atoms. The van der Waals surface area contributed by atoms with Crippen molar-refractivity contribution < 1.29 is 23.9 Å². The summed E-state index contributed by atoms with van der Waals surface area (Å²) in [6.45, 7) is 5.17. The molecule has 0 atom stereocenters. The van der Waals surface area contributed by atoms with Gasteiger partial charge in [-0.2, -0.15) is 0 Å². The van der Waals surface area contributed by atoms with Crippen LogP contribution in [-0.4, -0.2) is 35.7 Å². The van der Waals surface area contributed by atoms with E-state index < -0.39 is 23.1 Å². The van der Waals surface area contributed by atoms with Crippen LogP contribution in [0.1, 0.15) is 49.7 Å². The van der Waals surface area contributed by atoms with Crippen molar-refractivity contribution in [3.8, 4) is 0 Å². The van der Waals surface area contributed by atoms with Gasteiger partial charge >= 0.3 is 12.1 Å². The van der Waals surface area contributed by atoms with Crippen LogP contribution >= 0.6 is 0 Å². The van der Waals surface area contributed by atoms with Gasteiger partial charge in [0.1, 0.15) is 5.60 Å². The van der Waals surface area contributed by atoms with Gasteiger partial charge < -0.3 is 9.47 Å². The average molecular weight is 318 g/mol. The van der Waals surface area contributed by atoms with Gasteiger partial charge in [0.2, 0.25) is 5.91 Å². The molecule has 1 spiro atoms.